The van der Waals surface area contributed by atoms with Crippen LogP contribution in [-0.2, 0) is 19.6 Å². The molecule has 4 atom stereocenters. The quantitative estimate of drug-likeness (QED) is 0.166. The molecule has 0 N–H and O–H groups in total. The molecule has 1 fully saturated rings. The minimum absolute atomic E-state index is 0.134. The van der Waals surface area contributed by atoms with Gasteiger partial charge in [-0.15, -0.1) is 0 Å². The molecule has 3 aromatic carbocycles. The number of methoxy groups -OCH3 is 3. The van der Waals surface area contributed by atoms with Gasteiger partial charge in [-0.05, 0) is 67.3 Å². The van der Waals surface area contributed by atoms with Gasteiger partial charge in [0.15, 0.2) is 23.0 Å². The Labute approximate surface area is 279 Å². The van der Waals surface area contributed by atoms with Crippen molar-refractivity contribution in [3.63, 3.8) is 0 Å². The second-order valence-electron chi connectivity index (χ2n) is 12.3. The van der Waals surface area contributed by atoms with Crippen LogP contribution in [0.15, 0.2) is 55.1 Å². The number of imidazole rings is 1. The standard InChI is InChI=1S/C34H35N2O7.CH4O3S/c1-18-9-19(2)31(20(3)10-18)35-7-8-36(16-35)32-23-14-26-25(42-17-43-26)13-22(23)29(30-24(32)15-41-34(30)37)21-11-27(38-4)33(40-6)28(12-21)39-5;1-5(2,3)4/h7-14,16,24,29-30,32H,15,17H2,1-6H3;1H3,(H,2,3,4)/q+1;/p-1/t24-,29+,30-,32+;/m0./s1. The Morgan fingerprint density at radius 3 is 2.02 bits per heavy atom. The maximum absolute atomic E-state index is 13.6. The van der Waals surface area contributed by atoms with E-state index in [2.05, 4.69) is 66.8 Å². The highest BCUT2D eigenvalue weighted by atomic mass is 32.2. The van der Waals surface area contributed by atoms with Crippen molar-refractivity contribution < 1.29 is 50.8 Å². The van der Waals surface area contributed by atoms with Crippen LogP contribution >= 0.6 is 0 Å². The van der Waals surface area contributed by atoms with Crippen LogP contribution in [0.1, 0.15) is 45.3 Å². The zero-order chi connectivity index (χ0) is 34.5. The van der Waals surface area contributed by atoms with Crippen LogP contribution in [0.5, 0.6) is 28.7 Å². The van der Waals surface area contributed by atoms with Gasteiger partial charge in [0.05, 0.1) is 49.9 Å². The summed E-state index contributed by atoms with van der Waals surface area (Å²) in [5, 5.41) is 0. The van der Waals surface area contributed by atoms with Gasteiger partial charge >= 0.3 is 5.97 Å². The summed E-state index contributed by atoms with van der Waals surface area (Å²) in [6.45, 7) is 6.85. The predicted octanol–water partition coefficient (Wildman–Crippen LogP) is 4.13. The van der Waals surface area contributed by atoms with E-state index in [0.29, 0.717) is 41.6 Å². The van der Waals surface area contributed by atoms with E-state index >= 15 is 0 Å². The Morgan fingerprint density at radius 2 is 1.46 bits per heavy atom. The molecule has 1 aromatic heterocycles. The molecule has 254 valence electrons. The molecule has 3 aliphatic rings. The second-order valence-corrected chi connectivity index (χ2v) is 13.7. The number of rotatable bonds is 6. The van der Waals surface area contributed by atoms with Crippen molar-refractivity contribution >= 4 is 16.1 Å². The Morgan fingerprint density at radius 1 is 0.875 bits per heavy atom. The molecule has 2 aliphatic heterocycles. The van der Waals surface area contributed by atoms with Gasteiger partial charge in [0.25, 0.3) is 0 Å². The molecule has 48 heavy (non-hydrogen) atoms. The Hall–Kier alpha value is -4.75. The summed E-state index contributed by atoms with van der Waals surface area (Å²) in [5.74, 6) is 1.77. The van der Waals surface area contributed by atoms with Crippen LogP contribution in [0, 0.1) is 32.6 Å². The summed E-state index contributed by atoms with van der Waals surface area (Å²) < 4.78 is 66.1. The lowest BCUT2D eigenvalue weighted by atomic mass is 9.65. The van der Waals surface area contributed by atoms with E-state index in [1.807, 2.05) is 18.2 Å². The number of hydrogen-bond donors (Lipinski definition) is 0. The van der Waals surface area contributed by atoms with Crippen LogP contribution in [0.4, 0.5) is 0 Å². The average molecular weight is 679 g/mol. The summed E-state index contributed by atoms with van der Waals surface area (Å²) in [5.41, 5.74) is 7.69. The molecule has 13 heteroatoms. The van der Waals surface area contributed by atoms with Gasteiger partial charge in [0, 0.05) is 17.7 Å². The molecule has 0 saturated carbocycles. The lowest BCUT2D eigenvalue weighted by Gasteiger charge is -2.37. The van der Waals surface area contributed by atoms with Crippen molar-refractivity contribution in [1.82, 2.24) is 4.57 Å². The number of hydrogen-bond acceptors (Lipinski definition) is 10. The minimum Gasteiger partial charge on any atom is -0.748 e. The highest BCUT2D eigenvalue weighted by Gasteiger charge is 2.55. The van der Waals surface area contributed by atoms with E-state index in [4.69, 9.17) is 41.4 Å². The van der Waals surface area contributed by atoms with E-state index < -0.39 is 16.0 Å². The molecule has 1 aliphatic carbocycles. The van der Waals surface area contributed by atoms with Crippen LogP contribution < -0.4 is 28.3 Å². The molecule has 0 bridgehead atoms. The molecular formula is C35H38N2O10S. The van der Waals surface area contributed by atoms with Gasteiger partial charge < -0.3 is 33.0 Å². The maximum atomic E-state index is 13.6. The zero-order valence-corrected chi connectivity index (χ0v) is 28.6. The van der Waals surface area contributed by atoms with E-state index in [0.717, 1.165) is 22.4 Å². The third-order valence-corrected chi connectivity index (χ3v) is 9.07. The van der Waals surface area contributed by atoms with E-state index in [1.54, 1.807) is 21.3 Å². The smallest absolute Gasteiger partial charge is 0.310 e. The van der Waals surface area contributed by atoms with Gasteiger partial charge in [0.2, 0.25) is 18.9 Å². The first-order valence-corrected chi connectivity index (χ1v) is 17.1. The zero-order valence-electron chi connectivity index (χ0n) is 27.8. The number of esters is 1. The lowest BCUT2D eigenvalue weighted by Crippen LogP contribution is -2.49. The Balaban J connectivity index is 0.000000749. The number of fused-ring (bicyclic) bond motifs is 3. The topological polar surface area (TPSA) is 138 Å². The molecule has 1 saturated heterocycles. The minimum atomic E-state index is -3.92. The number of nitrogens with zero attached hydrogens (tertiary/aromatic N) is 2. The monoisotopic (exact) mass is 678 g/mol. The number of carbonyl (C=O) groups excluding carboxylic acids is 1. The first kappa shape index (κ1) is 33.2. The molecule has 0 unspecified atom stereocenters. The fraction of sp³-hybridized carbons (Fsp3) is 0.371. The van der Waals surface area contributed by atoms with Gasteiger partial charge in [-0.3, -0.25) is 4.79 Å². The van der Waals surface area contributed by atoms with Crippen molar-refractivity contribution in [2.24, 2.45) is 11.8 Å². The van der Waals surface area contributed by atoms with Crippen molar-refractivity contribution in [1.29, 1.82) is 0 Å². The third-order valence-electron chi connectivity index (χ3n) is 9.07. The number of aryl methyl sites for hydroxylation is 3. The van der Waals surface area contributed by atoms with Crippen LogP contribution in [0.3, 0.4) is 0 Å². The van der Waals surface area contributed by atoms with E-state index in [1.165, 1.54) is 16.7 Å². The van der Waals surface area contributed by atoms with Crippen molar-refractivity contribution in [3.05, 3.63) is 88.5 Å². The number of aromatic nitrogens is 2. The normalized spacial score (nSPS) is 20.6. The molecule has 4 aromatic rings. The summed E-state index contributed by atoms with van der Waals surface area (Å²) in [7, 11) is 0.847. The fourth-order valence-corrected chi connectivity index (χ4v) is 7.44. The second kappa shape index (κ2) is 12.7. The van der Waals surface area contributed by atoms with E-state index in [9.17, 15) is 4.79 Å². The highest BCUT2D eigenvalue weighted by Crippen LogP contribution is 2.55. The third kappa shape index (κ3) is 6.03. The summed E-state index contributed by atoms with van der Waals surface area (Å²) in [6.07, 6.45) is 6.88. The molecule has 3 heterocycles. The van der Waals surface area contributed by atoms with Crippen molar-refractivity contribution in [2.45, 2.75) is 32.7 Å². The number of ether oxygens (including phenoxy) is 6. The highest BCUT2D eigenvalue weighted by molar-refractivity contribution is 7.84. The Bertz CT molecular complexity index is 1950. The number of cyclic esters (lactones) is 1. The number of benzene rings is 3. The Kier molecular flexibility index (Phi) is 8.77. The summed E-state index contributed by atoms with van der Waals surface area (Å²) in [6, 6.07) is 12.2. The van der Waals surface area contributed by atoms with Gasteiger partial charge in [0.1, 0.15) is 24.1 Å². The molecule has 12 nitrogen and oxygen atoms in total. The van der Waals surface area contributed by atoms with Gasteiger partial charge in [-0.25, -0.2) is 17.6 Å². The SMILES string of the molecule is COc1cc([C@@H]2c3cc4c(cc3[C@@H]([n+]3ccn(-c5c(C)cc(C)cc5C)c3)[C@H]3COC(=O)[C@H]23)OCO4)cc(OC)c1OC.CS(=O)(=O)[O-]. The largest absolute Gasteiger partial charge is 0.748 e. The lowest BCUT2D eigenvalue weighted by molar-refractivity contribution is -0.721. The summed E-state index contributed by atoms with van der Waals surface area (Å²) in [4.78, 5) is 13.6. The van der Waals surface area contributed by atoms with Crippen LogP contribution in [0.2, 0.25) is 0 Å². The molecule has 0 amide bonds. The number of carbonyl (C=O) groups is 1. The first-order valence-electron chi connectivity index (χ1n) is 15.3. The van der Waals surface area contributed by atoms with E-state index in [-0.39, 0.29) is 30.6 Å². The van der Waals surface area contributed by atoms with Gasteiger partial charge in [-0.2, -0.15) is 0 Å². The molecule has 0 spiro atoms. The predicted molar refractivity (Wildman–Crippen MR) is 172 cm³/mol. The van der Waals surface area contributed by atoms with Crippen molar-refractivity contribution in [3.8, 4) is 34.4 Å². The molecular weight excluding hydrogens is 640 g/mol. The average Bonchev–Trinajstić information content (AvgIpc) is 3.77. The fourth-order valence-electron chi connectivity index (χ4n) is 7.44. The van der Waals surface area contributed by atoms with Crippen LogP contribution in [0.25, 0.3) is 5.69 Å². The van der Waals surface area contributed by atoms with Gasteiger partial charge in [-0.1, -0.05) is 17.7 Å². The maximum Gasteiger partial charge on any atom is 0.310 e. The first-order chi connectivity index (χ1) is 22.8. The molecule has 0 radical (unpaired) electrons. The van der Waals surface area contributed by atoms with Crippen molar-refractivity contribution in [2.75, 3.05) is 41.0 Å². The van der Waals surface area contributed by atoms with Crippen LogP contribution in [-0.4, -0.2) is 64.5 Å². The molecule has 7 rings (SSSR count). The summed E-state index contributed by atoms with van der Waals surface area (Å²) >= 11 is 0.